The summed E-state index contributed by atoms with van der Waals surface area (Å²) in [7, 11) is 0. The van der Waals surface area contributed by atoms with Gasteiger partial charge >= 0.3 is 0 Å². The minimum atomic E-state index is -0.328. The summed E-state index contributed by atoms with van der Waals surface area (Å²) < 4.78 is 1.16. The number of aromatic hydroxyl groups is 2. The van der Waals surface area contributed by atoms with Crippen LogP contribution in [0.1, 0.15) is 25.0 Å². The number of carbonyl (C=O) groups is 2. The maximum atomic E-state index is 12.1. The molecular formula is C22H22N6O4S3. The van der Waals surface area contributed by atoms with Crippen LogP contribution in [0.2, 0.25) is 0 Å². The minimum Gasteiger partial charge on any atom is -0.507 e. The summed E-state index contributed by atoms with van der Waals surface area (Å²) in [5, 5.41) is 35.7. The van der Waals surface area contributed by atoms with Gasteiger partial charge in [-0.05, 0) is 38.1 Å². The molecule has 0 unspecified atom stereocenters. The number of amides is 2. The van der Waals surface area contributed by atoms with E-state index in [2.05, 4.69) is 31.3 Å². The third kappa shape index (κ3) is 8.09. The molecule has 0 saturated heterocycles. The van der Waals surface area contributed by atoms with Gasteiger partial charge in [0.2, 0.25) is 0 Å². The number of phenols is 2. The monoisotopic (exact) mass is 530 g/mol. The van der Waals surface area contributed by atoms with Crippen molar-refractivity contribution in [1.29, 1.82) is 0 Å². The van der Waals surface area contributed by atoms with Gasteiger partial charge in [-0.15, -0.1) is 10.2 Å². The lowest BCUT2D eigenvalue weighted by atomic mass is 10.1. The highest BCUT2D eigenvalue weighted by molar-refractivity contribution is 8.03. The van der Waals surface area contributed by atoms with Crippen LogP contribution >= 0.6 is 34.9 Å². The lowest BCUT2D eigenvalue weighted by Gasteiger charge is -2.04. The Morgan fingerprint density at radius 3 is 1.60 bits per heavy atom. The number of hydrogen-bond donors (Lipinski definition) is 4. The molecule has 0 aliphatic heterocycles. The second-order valence-corrected chi connectivity index (χ2v) is 10.3. The predicted molar refractivity (Wildman–Crippen MR) is 138 cm³/mol. The van der Waals surface area contributed by atoms with E-state index >= 15 is 0 Å². The van der Waals surface area contributed by atoms with Crippen LogP contribution in [0.5, 0.6) is 11.5 Å². The van der Waals surface area contributed by atoms with Crippen molar-refractivity contribution in [3.63, 3.8) is 0 Å². The van der Waals surface area contributed by atoms with Gasteiger partial charge in [-0.1, -0.05) is 59.1 Å². The van der Waals surface area contributed by atoms with Gasteiger partial charge in [0, 0.05) is 11.1 Å². The largest absolute Gasteiger partial charge is 0.507 e. The Bertz CT molecular complexity index is 1170. The van der Waals surface area contributed by atoms with E-state index < -0.39 is 0 Å². The van der Waals surface area contributed by atoms with E-state index in [4.69, 9.17) is 0 Å². The SMILES string of the molecule is C/C(=N\NC(=O)CSc1nnc(SCC(=O)N/N=C(\C)c2ccccc2O)s1)c1ccccc1O. The average molecular weight is 531 g/mol. The number of thioether (sulfide) groups is 2. The number of nitrogens with zero attached hydrogens (tertiary/aromatic N) is 4. The molecule has 2 aromatic carbocycles. The molecule has 2 amide bonds. The van der Waals surface area contributed by atoms with Crippen molar-refractivity contribution in [3.05, 3.63) is 59.7 Å². The quantitative estimate of drug-likeness (QED) is 0.177. The minimum absolute atomic E-state index is 0.0810. The second kappa shape index (κ2) is 12.9. The Labute approximate surface area is 214 Å². The first kappa shape index (κ1) is 26.2. The fourth-order valence-electron chi connectivity index (χ4n) is 2.60. The van der Waals surface area contributed by atoms with E-state index in [1.807, 2.05) is 0 Å². The predicted octanol–water partition coefficient (Wildman–Crippen LogP) is 3.21. The summed E-state index contributed by atoms with van der Waals surface area (Å²) >= 11 is 3.67. The van der Waals surface area contributed by atoms with Gasteiger partial charge in [-0.3, -0.25) is 9.59 Å². The molecule has 0 aliphatic rings. The van der Waals surface area contributed by atoms with E-state index in [1.165, 1.54) is 34.9 Å². The van der Waals surface area contributed by atoms with Crippen LogP contribution in [0.25, 0.3) is 0 Å². The van der Waals surface area contributed by atoms with Gasteiger partial charge in [0.1, 0.15) is 11.5 Å². The van der Waals surface area contributed by atoms with E-state index in [-0.39, 0.29) is 34.8 Å². The van der Waals surface area contributed by atoms with Gasteiger partial charge in [0.25, 0.3) is 11.8 Å². The molecule has 10 nitrogen and oxygen atoms in total. The maximum absolute atomic E-state index is 12.1. The fraction of sp³-hybridized carbons (Fsp3) is 0.182. The zero-order valence-electron chi connectivity index (χ0n) is 18.8. The van der Waals surface area contributed by atoms with Gasteiger partial charge in [0.15, 0.2) is 8.68 Å². The van der Waals surface area contributed by atoms with Crippen molar-refractivity contribution >= 4 is 58.1 Å². The highest BCUT2D eigenvalue weighted by Crippen LogP contribution is 2.28. The van der Waals surface area contributed by atoms with Crippen LogP contribution in [-0.4, -0.2) is 55.2 Å². The Kier molecular flexibility index (Phi) is 9.64. The number of phenolic OH excluding ortho intramolecular Hbond substituents is 2. The molecule has 182 valence electrons. The van der Waals surface area contributed by atoms with Crippen molar-refractivity contribution < 1.29 is 19.8 Å². The van der Waals surface area contributed by atoms with E-state index in [1.54, 1.807) is 62.4 Å². The van der Waals surface area contributed by atoms with Gasteiger partial charge < -0.3 is 10.2 Å². The van der Waals surface area contributed by atoms with Crippen LogP contribution in [-0.2, 0) is 9.59 Å². The number of nitrogens with one attached hydrogen (secondary N) is 2. The molecule has 0 atom stereocenters. The standard InChI is InChI=1S/C22H22N6O4S3/c1-13(15-7-3-5-9-17(15)29)23-25-19(31)11-33-21-27-28-22(35-21)34-12-20(32)26-24-14(2)16-8-4-6-10-18(16)30/h3-10,29-30H,11-12H2,1-2H3,(H,25,31)(H,26,32)/b23-13+,24-14+. The van der Waals surface area contributed by atoms with Crippen LogP contribution in [0.15, 0.2) is 67.4 Å². The van der Waals surface area contributed by atoms with E-state index in [9.17, 15) is 19.8 Å². The third-order valence-corrected chi connectivity index (χ3v) is 7.52. The molecule has 1 aromatic heterocycles. The fourth-order valence-corrected chi connectivity index (χ4v) is 5.21. The Morgan fingerprint density at radius 1 is 0.800 bits per heavy atom. The van der Waals surface area contributed by atoms with Crippen molar-refractivity contribution in [3.8, 4) is 11.5 Å². The normalized spacial score (nSPS) is 11.8. The number of aromatic nitrogens is 2. The number of carbonyl (C=O) groups excluding carboxylic acids is 2. The van der Waals surface area contributed by atoms with E-state index in [0.29, 0.717) is 31.2 Å². The molecule has 0 spiro atoms. The first-order valence-electron chi connectivity index (χ1n) is 10.2. The van der Waals surface area contributed by atoms with Crippen molar-refractivity contribution in [1.82, 2.24) is 21.0 Å². The number of hydrazone groups is 2. The molecule has 0 radical (unpaired) electrons. The number of para-hydroxylation sites is 2. The molecular weight excluding hydrogens is 508 g/mol. The van der Waals surface area contributed by atoms with Crippen LogP contribution in [0.4, 0.5) is 0 Å². The summed E-state index contributed by atoms with van der Waals surface area (Å²) in [5.41, 5.74) is 6.94. The highest BCUT2D eigenvalue weighted by Gasteiger charge is 2.11. The molecule has 13 heteroatoms. The second-order valence-electron chi connectivity index (χ2n) is 6.91. The average Bonchev–Trinajstić information content (AvgIpc) is 3.31. The highest BCUT2D eigenvalue weighted by atomic mass is 32.2. The Hall–Kier alpha value is -3.42. The first-order chi connectivity index (χ1) is 16.8. The topological polar surface area (TPSA) is 149 Å². The van der Waals surface area contributed by atoms with Crippen LogP contribution in [0, 0.1) is 0 Å². The first-order valence-corrected chi connectivity index (χ1v) is 12.9. The summed E-state index contributed by atoms with van der Waals surface area (Å²) in [4.78, 5) is 24.2. The summed E-state index contributed by atoms with van der Waals surface area (Å²) in [6.07, 6.45) is 0. The molecule has 3 rings (SSSR count). The maximum Gasteiger partial charge on any atom is 0.250 e. The van der Waals surface area contributed by atoms with Crippen molar-refractivity contribution in [2.75, 3.05) is 11.5 Å². The van der Waals surface area contributed by atoms with Crippen LogP contribution in [0.3, 0.4) is 0 Å². The van der Waals surface area contributed by atoms with Crippen molar-refractivity contribution in [2.24, 2.45) is 10.2 Å². The molecule has 0 saturated carbocycles. The lowest BCUT2D eigenvalue weighted by Crippen LogP contribution is -2.21. The van der Waals surface area contributed by atoms with E-state index in [0.717, 1.165) is 0 Å². The smallest absolute Gasteiger partial charge is 0.250 e. The molecule has 4 N–H and O–H groups in total. The zero-order chi connectivity index (χ0) is 25.2. The Morgan fingerprint density at radius 2 is 1.20 bits per heavy atom. The zero-order valence-corrected chi connectivity index (χ0v) is 21.2. The number of benzene rings is 2. The van der Waals surface area contributed by atoms with Crippen molar-refractivity contribution in [2.45, 2.75) is 22.5 Å². The van der Waals surface area contributed by atoms with Crippen LogP contribution < -0.4 is 10.9 Å². The number of hydrogen-bond acceptors (Lipinski definition) is 11. The molecule has 1 heterocycles. The molecule has 0 bridgehead atoms. The van der Waals surface area contributed by atoms with Gasteiger partial charge in [0.05, 0.1) is 22.9 Å². The lowest BCUT2D eigenvalue weighted by molar-refractivity contribution is -0.119. The molecule has 0 aliphatic carbocycles. The Balaban J connectivity index is 1.41. The summed E-state index contributed by atoms with van der Waals surface area (Å²) in [6.45, 7) is 3.37. The molecule has 0 fully saturated rings. The summed E-state index contributed by atoms with van der Waals surface area (Å²) in [6, 6.07) is 13.5. The van der Waals surface area contributed by atoms with Gasteiger partial charge in [-0.25, -0.2) is 10.9 Å². The molecule has 35 heavy (non-hydrogen) atoms. The summed E-state index contributed by atoms with van der Waals surface area (Å²) in [5.74, 6) is -0.322. The number of rotatable bonds is 10. The molecule has 3 aromatic rings. The third-order valence-electron chi connectivity index (χ3n) is 4.33. The van der Waals surface area contributed by atoms with Gasteiger partial charge in [-0.2, -0.15) is 10.2 Å².